The molecule has 0 unspecified atom stereocenters. The van der Waals surface area contributed by atoms with E-state index in [1.165, 1.54) is 0 Å². The van der Waals surface area contributed by atoms with E-state index in [0.29, 0.717) is 28.8 Å². The van der Waals surface area contributed by atoms with E-state index in [1.54, 1.807) is 18.2 Å². The number of pyridine rings is 1. The van der Waals surface area contributed by atoms with Crippen LogP contribution in [0.3, 0.4) is 0 Å². The van der Waals surface area contributed by atoms with Gasteiger partial charge in [0.2, 0.25) is 0 Å². The van der Waals surface area contributed by atoms with E-state index in [4.69, 9.17) is 22.6 Å². The Labute approximate surface area is 117 Å². The Morgan fingerprint density at radius 1 is 1.37 bits per heavy atom. The van der Waals surface area contributed by atoms with Crippen molar-refractivity contribution in [2.45, 2.75) is 6.54 Å². The van der Waals surface area contributed by atoms with Crippen LogP contribution in [0.2, 0.25) is 5.15 Å². The highest BCUT2D eigenvalue weighted by molar-refractivity contribution is 6.29. The summed E-state index contributed by atoms with van der Waals surface area (Å²) in [4.78, 5) is 6.11. The zero-order chi connectivity index (χ0) is 13.8. The van der Waals surface area contributed by atoms with Crippen molar-refractivity contribution in [2.75, 3.05) is 17.7 Å². The number of benzene rings is 1. The van der Waals surface area contributed by atoms with E-state index in [0.717, 1.165) is 5.56 Å². The molecule has 1 heterocycles. The molecule has 2 N–H and O–H groups in total. The van der Waals surface area contributed by atoms with Gasteiger partial charge in [0.15, 0.2) is 5.82 Å². The number of halogens is 1. The fraction of sp³-hybridized carbons (Fsp3) is 0.143. The summed E-state index contributed by atoms with van der Waals surface area (Å²) in [7, 11) is 1.88. The average molecular weight is 273 g/mol. The molecule has 0 amide bonds. The van der Waals surface area contributed by atoms with E-state index in [-0.39, 0.29) is 0 Å². The van der Waals surface area contributed by atoms with Gasteiger partial charge in [-0.1, -0.05) is 23.7 Å². The fourth-order valence-corrected chi connectivity index (χ4v) is 1.97. The summed E-state index contributed by atoms with van der Waals surface area (Å²) < 4.78 is 0. The predicted molar refractivity (Wildman–Crippen MR) is 76.9 cm³/mol. The molecule has 19 heavy (non-hydrogen) atoms. The van der Waals surface area contributed by atoms with Crippen molar-refractivity contribution < 1.29 is 0 Å². The molecular weight excluding hydrogens is 260 g/mol. The van der Waals surface area contributed by atoms with Gasteiger partial charge in [-0.3, -0.25) is 0 Å². The minimum atomic E-state index is 0.404. The first kappa shape index (κ1) is 13.2. The predicted octanol–water partition coefficient (Wildman–Crippen LogP) is 2.83. The second kappa shape index (κ2) is 5.59. The number of anilines is 2. The zero-order valence-electron chi connectivity index (χ0n) is 10.5. The molecule has 0 aliphatic heterocycles. The highest BCUT2D eigenvalue weighted by atomic mass is 35.5. The van der Waals surface area contributed by atoms with Crippen LogP contribution in [-0.4, -0.2) is 12.0 Å². The Kier molecular flexibility index (Phi) is 3.88. The number of nitrogens with zero attached hydrogens (tertiary/aromatic N) is 3. The molecule has 1 aromatic heterocycles. The van der Waals surface area contributed by atoms with Gasteiger partial charge < -0.3 is 10.6 Å². The number of nitrogens with two attached hydrogens (primary N) is 1. The molecular formula is C14H13ClN4. The minimum Gasteiger partial charge on any atom is -0.396 e. The van der Waals surface area contributed by atoms with Crippen LogP contribution in [-0.2, 0) is 6.54 Å². The van der Waals surface area contributed by atoms with Crippen LogP contribution in [0.4, 0.5) is 11.5 Å². The van der Waals surface area contributed by atoms with Crippen LogP contribution in [0.1, 0.15) is 11.1 Å². The van der Waals surface area contributed by atoms with E-state index < -0.39 is 0 Å². The lowest BCUT2D eigenvalue weighted by Gasteiger charge is -2.20. The van der Waals surface area contributed by atoms with E-state index in [1.807, 2.05) is 30.1 Å². The highest BCUT2D eigenvalue weighted by Gasteiger charge is 2.09. The topological polar surface area (TPSA) is 65.9 Å². The summed E-state index contributed by atoms with van der Waals surface area (Å²) in [6, 6.07) is 12.9. The van der Waals surface area contributed by atoms with Crippen molar-refractivity contribution in [3.05, 3.63) is 52.7 Å². The van der Waals surface area contributed by atoms with Crippen LogP contribution >= 0.6 is 11.6 Å². The molecule has 0 fully saturated rings. The van der Waals surface area contributed by atoms with E-state index in [9.17, 15) is 0 Å². The van der Waals surface area contributed by atoms with Gasteiger partial charge in [-0.25, -0.2) is 4.98 Å². The molecule has 4 nitrogen and oxygen atoms in total. The molecule has 2 aromatic rings. The molecule has 0 aliphatic rings. The molecule has 0 spiro atoms. The largest absolute Gasteiger partial charge is 0.396 e. The third kappa shape index (κ3) is 3.15. The van der Waals surface area contributed by atoms with Gasteiger partial charge in [0.25, 0.3) is 0 Å². The van der Waals surface area contributed by atoms with Crippen molar-refractivity contribution in [1.82, 2.24) is 4.98 Å². The molecule has 0 atom stereocenters. The Morgan fingerprint density at radius 3 is 2.89 bits per heavy atom. The van der Waals surface area contributed by atoms with Gasteiger partial charge in [0, 0.05) is 13.6 Å². The van der Waals surface area contributed by atoms with Crippen LogP contribution in [0.15, 0.2) is 36.4 Å². The summed E-state index contributed by atoms with van der Waals surface area (Å²) in [5.74, 6) is 0.634. The molecule has 5 heteroatoms. The standard InChI is InChI=1S/C14H13ClN4/c1-19(14-12(17)5-6-13(15)18-14)9-11-4-2-3-10(7-11)8-16/h2-7H,9,17H2,1H3. The number of hydrogen-bond donors (Lipinski definition) is 1. The number of nitriles is 1. The van der Waals surface area contributed by atoms with Crippen molar-refractivity contribution in [2.24, 2.45) is 0 Å². The summed E-state index contributed by atoms with van der Waals surface area (Å²) >= 11 is 5.88. The first-order valence-corrected chi connectivity index (χ1v) is 6.10. The lowest BCUT2D eigenvalue weighted by atomic mass is 10.1. The molecule has 96 valence electrons. The minimum absolute atomic E-state index is 0.404. The first-order valence-electron chi connectivity index (χ1n) is 5.72. The van der Waals surface area contributed by atoms with Crippen molar-refractivity contribution >= 4 is 23.1 Å². The van der Waals surface area contributed by atoms with Gasteiger partial charge in [-0.05, 0) is 29.8 Å². The molecule has 0 saturated heterocycles. The maximum Gasteiger partial charge on any atom is 0.153 e. The number of rotatable bonds is 3. The van der Waals surface area contributed by atoms with Gasteiger partial charge >= 0.3 is 0 Å². The SMILES string of the molecule is CN(Cc1cccc(C#N)c1)c1nc(Cl)ccc1N. The molecule has 0 aliphatic carbocycles. The van der Waals surface area contributed by atoms with Crippen molar-refractivity contribution in [3.8, 4) is 6.07 Å². The Hall–Kier alpha value is -2.25. The second-order valence-corrected chi connectivity index (χ2v) is 4.60. The summed E-state index contributed by atoms with van der Waals surface area (Å²) in [5, 5.41) is 9.28. The third-order valence-corrected chi connectivity index (χ3v) is 2.92. The molecule has 2 rings (SSSR count). The van der Waals surface area contributed by atoms with Crippen molar-refractivity contribution in [1.29, 1.82) is 5.26 Å². The normalized spacial score (nSPS) is 9.95. The number of nitrogen functional groups attached to an aromatic ring is 1. The van der Waals surface area contributed by atoms with Gasteiger partial charge in [0.05, 0.1) is 17.3 Å². The zero-order valence-corrected chi connectivity index (χ0v) is 11.2. The number of aromatic nitrogens is 1. The van der Waals surface area contributed by atoms with Crippen LogP contribution < -0.4 is 10.6 Å². The lowest BCUT2D eigenvalue weighted by molar-refractivity contribution is 0.900. The Balaban J connectivity index is 2.23. The maximum atomic E-state index is 8.88. The number of hydrogen-bond acceptors (Lipinski definition) is 4. The maximum absolute atomic E-state index is 8.88. The first-order chi connectivity index (χ1) is 9.10. The fourth-order valence-electron chi connectivity index (χ4n) is 1.83. The smallest absolute Gasteiger partial charge is 0.153 e. The Bertz CT molecular complexity index is 634. The van der Waals surface area contributed by atoms with Gasteiger partial charge in [-0.2, -0.15) is 5.26 Å². The summed E-state index contributed by atoms with van der Waals surface area (Å²) in [6.45, 7) is 0.604. The van der Waals surface area contributed by atoms with E-state index in [2.05, 4.69) is 11.1 Å². The summed E-state index contributed by atoms with van der Waals surface area (Å²) in [5.41, 5.74) is 8.11. The second-order valence-electron chi connectivity index (χ2n) is 4.22. The monoisotopic (exact) mass is 272 g/mol. The quantitative estimate of drug-likeness (QED) is 0.873. The molecule has 0 bridgehead atoms. The van der Waals surface area contributed by atoms with Crippen LogP contribution in [0.5, 0.6) is 0 Å². The summed E-state index contributed by atoms with van der Waals surface area (Å²) in [6.07, 6.45) is 0. The lowest BCUT2D eigenvalue weighted by Crippen LogP contribution is -2.19. The molecule has 0 saturated carbocycles. The van der Waals surface area contributed by atoms with Gasteiger partial charge in [-0.15, -0.1) is 0 Å². The highest BCUT2D eigenvalue weighted by Crippen LogP contribution is 2.23. The molecule has 0 radical (unpaired) electrons. The van der Waals surface area contributed by atoms with Crippen LogP contribution in [0, 0.1) is 11.3 Å². The van der Waals surface area contributed by atoms with Gasteiger partial charge in [0.1, 0.15) is 5.15 Å². The molecule has 1 aromatic carbocycles. The van der Waals surface area contributed by atoms with E-state index >= 15 is 0 Å². The van der Waals surface area contributed by atoms with Crippen LogP contribution in [0.25, 0.3) is 0 Å². The van der Waals surface area contributed by atoms with Crippen molar-refractivity contribution in [3.63, 3.8) is 0 Å². The Morgan fingerprint density at radius 2 is 2.16 bits per heavy atom. The third-order valence-electron chi connectivity index (χ3n) is 2.71. The average Bonchev–Trinajstić information content (AvgIpc) is 2.41.